The lowest BCUT2D eigenvalue weighted by Crippen LogP contribution is -2.11. The van der Waals surface area contributed by atoms with Crippen molar-refractivity contribution in [3.8, 4) is 0 Å². The van der Waals surface area contributed by atoms with Crippen molar-refractivity contribution in [2.45, 2.75) is 0 Å². The summed E-state index contributed by atoms with van der Waals surface area (Å²) in [4.78, 5) is 0. The number of nitrogens with one attached hydrogen (secondary N) is 1. The second-order valence-corrected chi connectivity index (χ2v) is 1.54. The molecule has 0 aromatic rings. The van der Waals surface area contributed by atoms with Gasteiger partial charge in [0.1, 0.15) is 23.0 Å². The molecular formula is C3H8INO. The Hall–Kier alpha value is 0.650. The zero-order valence-corrected chi connectivity index (χ0v) is 5.86. The molecule has 0 aromatic heterocycles. The van der Waals surface area contributed by atoms with E-state index in [2.05, 4.69) is 8.38 Å². The van der Waals surface area contributed by atoms with Crippen molar-refractivity contribution in [1.29, 1.82) is 0 Å². The molecule has 0 radical (unpaired) electrons. The van der Waals surface area contributed by atoms with Crippen molar-refractivity contribution in [1.82, 2.24) is 5.32 Å². The summed E-state index contributed by atoms with van der Waals surface area (Å²) < 4.78 is 4.69. The van der Waals surface area contributed by atoms with Crippen LogP contribution in [-0.2, 0) is 3.07 Å². The Morgan fingerprint density at radius 2 is 2.50 bits per heavy atom. The predicted molar refractivity (Wildman–Crippen MR) is 33.9 cm³/mol. The van der Waals surface area contributed by atoms with E-state index >= 15 is 0 Å². The summed E-state index contributed by atoms with van der Waals surface area (Å²) in [5.74, 6) is 0. The number of hydrogen-bond donors (Lipinski definition) is 1. The van der Waals surface area contributed by atoms with Crippen molar-refractivity contribution in [2.75, 3.05) is 20.2 Å². The fourth-order valence-electron chi connectivity index (χ4n) is 0.141. The molecule has 0 unspecified atom stereocenters. The van der Waals surface area contributed by atoms with E-state index in [-0.39, 0.29) is 0 Å². The van der Waals surface area contributed by atoms with E-state index in [0.29, 0.717) is 0 Å². The average Bonchev–Trinajstić information content (AvgIpc) is 1.61. The van der Waals surface area contributed by atoms with Crippen LogP contribution in [0.25, 0.3) is 0 Å². The highest BCUT2D eigenvalue weighted by Gasteiger charge is 1.74. The lowest BCUT2D eigenvalue weighted by atomic mass is 10.7. The fraction of sp³-hybridized carbons (Fsp3) is 1.00. The van der Waals surface area contributed by atoms with Crippen molar-refractivity contribution in [3.05, 3.63) is 0 Å². The summed E-state index contributed by atoms with van der Waals surface area (Å²) in [5, 5.41) is 2.94. The van der Waals surface area contributed by atoms with E-state index in [1.54, 1.807) is 0 Å². The molecule has 0 fully saturated rings. The first-order valence-corrected chi connectivity index (χ1v) is 2.68. The van der Waals surface area contributed by atoms with Gasteiger partial charge >= 0.3 is 0 Å². The Balaban J connectivity index is 2.34. The van der Waals surface area contributed by atoms with Gasteiger partial charge in [-0.15, -0.1) is 0 Å². The van der Waals surface area contributed by atoms with E-state index in [1.807, 2.05) is 30.1 Å². The summed E-state index contributed by atoms with van der Waals surface area (Å²) in [6.07, 6.45) is 0. The third-order valence-corrected chi connectivity index (χ3v) is 0.870. The Kier molecular flexibility index (Phi) is 6.26. The van der Waals surface area contributed by atoms with Crippen molar-refractivity contribution in [3.63, 3.8) is 0 Å². The van der Waals surface area contributed by atoms with E-state index < -0.39 is 0 Å². The highest BCUT2D eigenvalue weighted by molar-refractivity contribution is 14.1. The topological polar surface area (TPSA) is 21.3 Å². The molecule has 0 aliphatic rings. The standard InChI is InChI=1S/C3H8INO/c1-5-2-3-6-4/h5H,2-3H2,1H3. The minimum atomic E-state index is 0.789. The van der Waals surface area contributed by atoms with Gasteiger partial charge in [-0.1, -0.05) is 0 Å². The number of halogens is 1. The van der Waals surface area contributed by atoms with Crippen molar-refractivity contribution >= 4 is 23.0 Å². The van der Waals surface area contributed by atoms with Crippen LogP contribution in [0.1, 0.15) is 0 Å². The normalized spacial score (nSPS) is 9.00. The monoisotopic (exact) mass is 201 g/mol. The second-order valence-electron chi connectivity index (χ2n) is 0.917. The van der Waals surface area contributed by atoms with Gasteiger partial charge in [0, 0.05) is 6.54 Å². The molecule has 0 bridgehead atoms. The number of hydrogen-bond acceptors (Lipinski definition) is 2. The number of likely N-dealkylation sites (N-methyl/N-ethyl adjacent to an activating group) is 1. The molecule has 0 rings (SSSR count). The number of rotatable bonds is 3. The average molecular weight is 201 g/mol. The largest absolute Gasteiger partial charge is 0.317 e. The molecule has 0 heterocycles. The van der Waals surface area contributed by atoms with Gasteiger partial charge in [0.2, 0.25) is 0 Å². The summed E-state index contributed by atoms with van der Waals surface area (Å²) in [6.45, 7) is 1.72. The van der Waals surface area contributed by atoms with Gasteiger partial charge < -0.3 is 8.38 Å². The van der Waals surface area contributed by atoms with Gasteiger partial charge in [0.05, 0.1) is 6.61 Å². The molecule has 0 aliphatic heterocycles. The zero-order chi connectivity index (χ0) is 4.83. The maximum atomic E-state index is 4.69. The quantitative estimate of drug-likeness (QED) is 0.532. The second kappa shape index (κ2) is 5.65. The van der Waals surface area contributed by atoms with E-state index in [9.17, 15) is 0 Å². The smallest absolute Gasteiger partial charge is 0.109 e. The lowest BCUT2D eigenvalue weighted by molar-refractivity contribution is 0.422. The van der Waals surface area contributed by atoms with Crippen LogP contribution in [0.4, 0.5) is 0 Å². The molecule has 38 valence electrons. The molecule has 1 N–H and O–H groups in total. The molecule has 3 heteroatoms. The summed E-state index contributed by atoms with van der Waals surface area (Å²) in [7, 11) is 1.90. The molecular weight excluding hydrogens is 193 g/mol. The van der Waals surface area contributed by atoms with Gasteiger partial charge in [-0.25, -0.2) is 0 Å². The molecule has 2 nitrogen and oxygen atoms in total. The molecule has 0 saturated carbocycles. The van der Waals surface area contributed by atoms with Crippen molar-refractivity contribution < 1.29 is 3.07 Å². The van der Waals surface area contributed by atoms with Crippen LogP contribution in [0, 0.1) is 0 Å². The Morgan fingerprint density at radius 1 is 1.83 bits per heavy atom. The molecule has 0 saturated heterocycles. The molecule has 0 amide bonds. The Morgan fingerprint density at radius 3 is 2.67 bits per heavy atom. The van der Waals surface area contributed by atoms with Crippen LogP contribution in [0.5, 0.6) is 0 Å². The van der Waals surface area contributed by atoms with Crippen LogP contribution in [0.15, 0.2) is 0 Å². The first-order valence-electron chi connectivity index (χ1n) is 1.80. The highest BCUT2D eigenvalue weighted by atomic mass is 127. The zero-order valence-electron chi connectivity index (χ0n) is 3.70. The first-order chi connectivity index (χ1) is 2.91. The Bertz CT molecular complexity index is 22.8. The fourth-order valence-corrected chi connectivity index (χ4v) is 0.361. The van der Waals surface area contributed by atoms with Gasteiger partial charge in [-0.3, -0.25) is 0 Å². The maximum Gasteiger partial charge on any atom is 0.109 e. The minimum Gasteiger partial charge on any atom is -0.317 e. The molecule has 6 heavy (non-hydrogen) atoms. The van der Waals surface area contributed by atoms with E-state index in [0.717, 1.165) is 13.2 Å². The van der Waals surface area contributed by atoms with Gasteiger partial charge in [0.15, 0.2) is 0 Å². The van der Waals surface area contributed by atoms with Crippen LogP contribution >= 0.6 is 23.0 Å². The van der Waals surface area contributed by atoms with E-state index in [1.165, 1.54) is 0 Å². The first kappa shape index (κ1) is 6.65. The van der Waals surface area contributed by atoms with Gasteiger partial charge in [-0.05, 0) is 7.05 Å². The van der Waals surface area contributed by atoms with Crippen LogP contribution in [0.3, 0.4) is 0 Å². The third-order valence-electron chi connectivity index (χ3n) is 0.429. The third kappa shape index (κ3) is 4.65. The van der Waals surface area contributed by atoms with E-state index in [4.69, 9.17) is 0 Å². The molecule has 0 aliphatic carbocycles. The maximum absolute atomic E-state index is 4.69. The Labute approximate surface area is 51.9 Å². The van der Waals surface area contributed by atoms with Crippen molar-refractivity contribution in [2.24, 2.45) is 0 Å². The molecule has 0 spiro atoms. The van der Waals surface area contributed by atoms with Crippen LogP contribution in [-0.4, -0.2) is 20.2 Å². The summed E-state index contributed by atoms with van der Waals surface area (Å²) >= 11 is 1.87. The predicted octanol–water partition coefficient (Wildman–Crippen LogP) is 0.572. The SMILES string of the molecule is CNCCOI. The van der Waals surface area contributed by atoms with Gasteiger partial charge in [-0.2, -0.15) is 0 Å². The van der Waals surface area contributed by atoms with Gasteiger partial charge in [0.25, 0.3) is 0 Å². The lowest BCUT2D eigenvalue weighted by Gasteiger charge is -1.89. The summed E-state index contributed by atoms with van der Waals surface area (Å²) in [5.41, 5.74) is 0. The highest BCUT2D eigenvalue weighted by Crippen LogP contribution is 1.79. The minimum absolute atomic E-state index is 0.789. The summed E-state index contributed by atoms with van der Waals surface area (Å²) in [6, 6.07) is 0. The molecule has 0 atom stereocenters. The van der Waals surface area contributed by atoms with Crippen LogP contribution < -0.4 is 5.32 Å². The van der Waals surface area contributed by atoms with Crippen LogP contribution in [0.2, 0.25) is 0 Å². The molecule has 0 aromatic carbocycles.